The Hall–Kier alpha value is -2.40. The number of hydrogen-bond acceptors (Lipinski definition) is 4. The average molecular weight is 256 g/mol. The van der Waals surface area contributed by atoms with Gasteiger partial charge in [0.1, 0.15) is 12.0 Å². The highest BCUT2D eigenvalue weighted by Crippen LogP contribution is 2.29. The Morgan fingerprint density at radius 2 is 1.89 bits per heavy atom. The van der Waals surface area contributed by atoms with E-state index in [0.717, 1.165) is 16.8 Å². The summed E-state index contributed by atoms with van der Waals surface area (Å²) in [5.74, 6) is 0.594. The van der Waals surface area contributed by atoms with Crippen LogP contribution in [0.1, 0.15) is 0 Å². The van der Waals surface area contributed by atoms with E-state index in [1.165, 1.54) is 7.05 Å². The Balaban J connectivity index is 0.000000637. The molecule has 2 N–H and O–H groups in total. The van der Waals surface area contributed by atoms with Gasteiger partial charge in [0.15, 0.2) is 0 Å². The molecular weight excluding hydrogens is 240 g/mol. The maximum atomic E-state index is 5.33. The molecule has 3 aromatic rings. The first-order valence-corrected chi connectivity index (χ1v) is 5.91. The summed E-state index contributed by atoms with van der Waals surface area (Å²) in [6.45, 7) is 0. The number of rotatable bonds is 2. The van der Waals surface area contributed by atoms with E-state index in [1.807, 2.05) is 43.6 Å². The monoisotopic (exact) mass is 256 g/mol. The molecular formula is C14H16N4O. The topological polar surface area (TPSA) is 69.9 Å². The van der Waals surface area contributed by atoms with Crippen molar-refractivity contribution in [2.45, 2.75) is 0 Å². The zero-order valence-electron chi connectivity index (χ0n) is 10.9. The summed E-state index contributed by atoms with van der Waals surface area (Å²) in [6.07, 6.45) is 5.11. The molecule has 0 atom stereocenters. The van der Waals surface area contributed by atoms with Gasteiger partial charge in [-0.2, -0.15) is 5.10 Å². The molecule has 0 unspecified atom stereocenters. The van der Waals surface area contributed by atoms with E-state index in [1.54, 1.807) is 17.1 Å². The number of oxazole rings is 1. The molecule has 19 heavy (non-hydrogen) atoms. The zero-order chi connectivity index (χ0) is 13.7. The number of benzene rings is 1. The highest BCUT2D eigenvalue weighted by atomic mass is 16.3. The van der Waals surface area contributed by atoms with Crippen molar-refractivity contribution in [2.75, 3.05) is 7.05 Å². The van der Waals surface area contributed by atoms with E-state index in [4.69, 9.17) is 4.42 Å². The van der Waals surface area contributed by atoms with Gasteiger partial charge >= 0.3 is 0 Å². The Morgan fingerprint density at radius 3 is 2.53 bits per heavy atom. The minimum Gasteiger partial charge on any atom is -0.444 e. The van der Waals surface area contributed by atoms with Crippen LogP contribution < -0.4 is 5.73 Å². The lowest BCUT2D eigenvalue weighted by molar-refractivity contribution is 0.574. The molecule has 0 saturated carbocycles. The lowest BCUT2D eigenvalue weighted by Crippen LogP contribution is -1.87. The fourth-order valence-corrected chi connectivity index (χ4v) is 1.81. The summed E-state index contributed by atoms with van der Waals surface area (Å²) in [6, 6.07) is 10.0. The third-order valence-corrected chi connectivity index (χ3v) is 2.54. The van der Waals surface area contributed by atoms with Gasteiger partial charge in [-0.3, -0.25) is 4.68 Å². The van der Waals surface area contributed by atoms with Gasteiger partial charge in [-0.25, -0.2) is 4.98 Å². The molecule has 5 nitrogen and oxygen atoms in total. The number of aryl methyl sites for hydroxylation is 1. The Morgan fingerprint density at radius 1 is 1.16 bits per heavy atom. The fourth-order valence-electron chi connectivity index (χ4n) is 1.81. The summed E-state index contributed by atoms with van der Waals surface area (Å²) >= 11 is 0. The van der Waals surface area contributed by atoms with E-state index in [-0.39, 0.29) is 0 Å². The summed E-state index contributed by atoms with van der Waals surface area (Å²) in [4.78, 5) is 4.17. The largest absolute Gasteiger partial charge is 0.444 e. The number of aromatic nitrogens is 3. The van der Waals surface area contributed by atoms with Gasteiger partial charge in [0.2, 0.25) is 5.89 Å². The fraction of sp³-hybridized carbons (Fsp3) is 0.143. The molecule has 0 saturated heterocycles. The highest BCUT2D eigenvalue weighted by molar-refractivity contribution is 5.76. The Labute approximate surface area is 111 Å². The molecule has 1 aromatic carbocycles. The van der Waals surface area contributed by atoms with Gasteiger partial charge in [-0.15, -0.1) is 0 Å². The van der Waals surface area contributed by atoms with Crippen LogP contribution in [0, 0.1) is 0 Å². The average Bonchev–Trinajstić information content (AvgIpc) is 3.11. The van der Waals surface area contributed by atoms with Crippen molar-refractivity contribution in [1.82, 2.24) is 14.8 Å². The first kappa shape index (κ1) is 13.0. The molecule has 98 valence electrons. The standard InChI is InChI=1S/C13H11N3O.CH5N/c1-16-9-11(13-14-7-8-17-13)12(15-16)10-5-3-2-4-6-10;1-2/h2-9H,1H3;2H2,1H3. The molecule has 0 bridgehead atoms. The van der Waals surface area contributed by atoms with Gasteiger partial charge in [-0.05, 0) is 7.05 Å². The van der Waals surface area contributed by atoms with Crippen molar-refractivity contribution in [3.05, 3.63) is 49.0 Å². The van der Waals surface area contributed by atoms with E-state index in [9.17, 15) is 0 Å². The lowest BCUT2D eigenvalue weighted by atomic mass is 10.1. The number of nitrogens with zero attached hydrogens (tertiary/aromatic N) is 3. The molecule has 0 aliphatic carbocycles. The predicted molar refractivity (Wildman–Crippen MR) is 74.3 cm³/mol. The molecule has 2 aromatic heterocycles. The van der Waals surface area contributed by atoms with Crippen LogP contribution in [0.2, 0.25) is 0 Å². The van der Waals surface area contributed by atoms with E-state index < -0.39 is 0 Å². The normalized spacial score (nSPS) is 9.84. The van der Waals surface area contributed by atoms with Crippen LogP contribution in [0.3, 0.4) is 0 Å². The quantitative estimate of drug-likeness (QED) is 0.764. The molecule has 0 aliphatic heterocycles. The Kier molecular flexibility index (Phi) is 4.10. The maximum absolute atomic E-state index is 5.33. The van der Waals surface area contributed by atoms with Gasteiger partial charge in [-0.1, -0.05) is 30.3 Å². The molecule has 0 aliphatic rings. The first-order valence-electron chi connectivity index (χ1n) is 5.91. The number of nitrogens with two attached hydrogens (primary N) is 1. The number of hydrogen-bond donors (Lipinski definition) is 1. The van der Waals surface area contributed by atoms with E-state index in [0.29, 0.717) is 5.89 Å². The van der Waals surface area contributed by atoms with Gasteiger partial charge in [0.05, 0.1) is 11.8 Å². The van der Waals surface area contributed by atoms with E-state index in [2.05, 4.69) is 15.8 Å². The molecule has 5 heteroatoms. The minimum atomic E-state index is 0.594. The van der Waals surface area contributed by atoms with Crippen molar-refractivity contribution >= 4 is 0 Å². The highest BCUT2D eigenvalue weighted by Gasteiger charge is 2.14. The zero-order valence-corrected chi connectivity index (χ0v) is 10.9. The van der Waals surface area contributed by atoms with Crippen LogP contribution >= 0.6 is 0 Å². The summed E-state index contributed by atoms with van der Waals surface area (Å²) < 4.78 is 7.10. The van der Waals surface area contributed by atoms with Gasteiger partial charge in [0, 0.05) is 18.8 Å². The molecule has 3 rings (SSSR count). The summed E-state index contributed by atoms with van der Waals surface area (Å²) in [7, 11) is 3.39. The van der Waals surface area contributed by atoms with E-state index >= 15 is 0 Å². The summed E-state index contributed by atoms with van der Waals surface area (Å²) in [5, 5.41) is 4.45. The molecule has 0 amide bonds. The molecule has 0 fully saturated rings. The van der Waals surface area contributed by atoms with Crippen LogP contribution in [0.5, 0.6) is 0 Å². The van der Waals surface area contributed by atoms with Crippen molar-refractivity contribution in [1.29, 1.82) is 0 Å². The van der Waals surface area contributed by atoms with Crippen LogP contribution in [-0.4, -0.2) is 21.8 Å². The van der Waals surface area contributed by atoms with Crippen LogP contribution in [-0.2, 0) is 7.05 Å². The van der Waals surface area contributed by atoms with Crippen molar-refractivity contribution < 1.29 is 4.42 Å². The van der Waals surface area contributed by atoms with Crippen molar-refractivity contribution in [2.24, 2.45) is 12.8 Å². The lowest BCUT2D eigenvalue weighted by Gasteiger charge is -1.98. The maximum Gasteiger partial charge on any atom is 0.229 e. The van der Waals surface area contributed by atoms with Crippen molar-refractivity contribution in [3.63, 3.8) is 0 Å². The third kappa shape index (κ3) is 2.71. The molecule has 0 spiro atoms. The molecule has 0 radical (unpaired) electrons. The third-order valence-electron chi connectivity index (χ3n) is 2.54. The van der Waals surface area contributed by atoms with Crippen LogP contribution in [0.25, 0.3) is 22.7 Å². The summed E-state index contributed by atoms with van der Waals surface area (Å²) in [5.41, 5.74) is 7.35. The van der Waals surface area contributed by atoms with Gasteiger partial charge < -0.3 is 10.2 Å². The SMILES string of the molecule is CN.Cn1cc(-c2ncco2)c(-c2ccccc2)n1. The molecule has 2 heterocycles. The van der Waals surface area contributed by atoms with Crippen molar-refractivity contribution in [3.8, 4) is 22.7 Å². The van der Waals surface area contributed by atoms with Crippen LogP contribution in [0.15, 0.2) is 53.4 Å². The smallest absolute Gasteiger partial charge is 0.229 e. The second kappa shape index (κ2) is 5.97. The first-order chi connectivity index (χ1) is 9.34. The van der Waals surface area contributed by atoms with Gasteiger partial charge in [0.25, 0.3) is 0 Å². The second-order valence-corrected chi connectivity index (χ2v) is 3.77. The van der Waals surface area contributed by atoms with Crippen LogP contribution in [0.4, 0.5) is 0 Å². The predicted octanol–water partition coefficient (Wildman–Crippen LogP) is 2.32. The Bertz CT molecular complexity index is 614. The minimum absolute atomic E-state index is 0.594. The second-order valence-electron chi connectivity index (χ2n) is 3.77.